The molecule has 1 aromatic carbocycles. The van der Waals surface area contributed by atoms with Gasteiger partial charge in [0.25, 0.3) is 4.84 Å². The third kappa shape index (κ3) is 2.38. The maximum atomic E-state index is 11.9. The first-order valence-electron chi connectivity index (χ1n) is 5.12. The molecule has 0 saturated carbocycles. The number of H-pyrrole nitrogens is 1. The van der Waals surface area contributed by atoms with E-state index in [9.17, 15) is 8.42 Å². The SMILES string of the molecule is CN(C)S(=O)(=O)c1ccc(-c2coc(=S)[nH]2)cc1. The van der Waals surface area contributed by atoms with Gasteiger partial charge in [-0.3, -0.25) is 0 Å². The van der Waals surface area contributed by atoms with Gasteiger partial charge in [-0.05, 0) is 24.4 Å². The normalized spacial score (nSPS) is 11.9. The molecular formula is C11H12N2O3S2. The van der Waals surface area contributed by atoms with Crippen molar-refractivity contribution in [3.8, 4) is 11.3 Å². The highest BCUT2D eigenvalue weighted by Crippen LogP contribution is 2.21. The van der Waals surface area contributed by atoms with Crippen molar-refractivity contribution in [1.82, 2.24) is 9.29 Å². The summed E-state index contributed by atoms with van der Waals surface area (Å²) in [4.78, 5) is 3.40. The minimum atomic E-state index is -3.39. The molecule has 0 atom stereocenters. The van der Waals surface area contributed by atoms with Crippen LogP contribution in [0.5, 0.6) is 0 Å². The number of benzene rings is 1. The quantitative estimate of drug-likeness (QED) is 0.878. The van der Waals surface area contributed by atoms with Crippen LogP contribution in [0.25, 0.3) is 11.3 Å². The summed E-state index contributed by atoms with van der Waals surface area (Å²) in [5.41, 5.74) is 1.53. The molecule has 1 aromatic heterocycles. The van der Waals surface area contributed by atoms with E-state index in [0.717, 1.165) is 5.56 Å². The molecule has 7 heteroatoms. The molecule has 0 unspecified atom stereocenters. The molecule has 0 bridgehead atoms. The molecule has 0 fully saturated rings. The smallest absolute Gasteiger partial charge is 0.266 e. The molecular weight excluding hydrogens is 272 g/mol. The zero-order chi connectivity index (χ0) is 13.3. The van der Waals surface area contributed by atoms with Gasteiger partial charge >= 0.3 is 0 Å². The van der Waals surface area contributed by atoms with Crippen molar-refractivity contribution >= 4 is 22.2 Å². The largest absolute Gasteiger partial charge is 0.437 e. The Morgan fingerprint density at radius 2 is 1.83 bits per heavy atom. The van der Waals surface area contributed by atoms with Crippen molar-refractivity contribution in [3.63, 3.8) is 0 Å². The fourth-order valence-corrected chi connectivity index (χ4v) is 2.50. The Morgan fingerprint density at radius 1 is 1.22 bits per heavy atom. The molecule has 18 heavy (non-hydrogen) atoms. The van der Waals surface area contributed by atoms with Crippen LogP contribution < -0.4 is 0 Å². The number of aromatic amines is 1. The number of oxazole rings is 1. The second-order valence-corrected chi connectivity index (χ2v) is 6.40. The summed E-state index contributed by atoms with van der Waals surface area (Å²) < 4.78 is 29.9. The standard InChI is InChI=1S/C11H12N2O3S2/c1-13(2)18(14,15)9-5-3-8(4-6-9)10-7-16-11(17)12-10/h3-7H,1-2H3,(H,12,17). The van der Waals surface area contributed by atoms with E-state index in [1.807, 2.05) is 0 Å². The van der Waals surface area contributed by atoms with E-state index in [0.29, 0.717) is 5.69 Å². The van der Waals surface area contributed by atoms with Gasteiger partial charge in [0.2, 0.25) is 10.0 Å². The second-order valence-electron chi connectivity index (χ2n) is 3.87. The Hall–Kier alpha value is -1.44. The van der Waals surface area contributed by atoms with Crippen LogP contribution in [-0.4, -0.2) is 31.8 Å². The Morgan fingerprint density at radius 3 is 2.28 bits per heavy atom. The summed E-state index contributed by atoms with van der Waals surface area (Å²) >= 11 is 4.83. The van der Waals surface area contributed by atoms with Gasteiger partial charge < -0.3 is 9.40 Å². The molecule has 0 aliphatic carbocycles. The van der Waals surface area contributed by atoms with Gasteiger partial charge in [0.1, 0.15) is 6.26 Å². The van der Waals surface area contributed by atoms with Crippen LogP contribution in [0.2, 0.25) is 0 Å². The van der Waals surface area contributed by atoms with Crippen molar-refractivity contribution < 1.29 is 12.8 Å². The van der Waals surface area contributed by atoms with Gasteiger partial charge in [-0.1, -0.05) is 12.1 Å². The van der Waals surface area contributed by atoms with Crippen LogP contribution in [0.15, 0.2) is 39.8 Å². The predicted molar refractivity (Wildman–Crippen MR) is 70.2 cm³/mol. The third-order valence-corrected chi connectivity index (χ3v) is 4.49. The molecule has 5 nitrogen and oxygen atoms in total. The maximum absolute atomic E-state index is 11.9. The number of nitrogens with zero attached hydrogens (tertiary/aromatic N) is 1. The molecule has 1 N–H and O–H groups in total. The van der Waals surface area contributed by atoms with Crippen LogP contribution in [-0.2, 0) is 10.0 Å². The molecule has 2 aromatic rings. The van der Waals surface area contributed by atoms with E-state index < -0.39 is 10.0 Å². The predicted octanol–water partition coefficient (Wildman–Crippen LogP) is 2.25. The maximum Gasteiger partial charge on any atom is 0.266 e. The van der Waals surface area contributed by atoms with Crippen molar-refractivity contribution in [1.29, 1.82) is 0 Å². The number of sulfonamides is 1. The topological polar surface area (TPSA) is 66.3 Å². The first-order chi connectivity index (χ1) is 8.41. The molecule has 0 aliphatic heterocycles. The minimum Gasteiger partial charge on any atom is -0.437 e. The van der Waals surface area contributed by atoms with Crippen LogP contribution in [0.4, 0.5) is 0 Å². The number of nitrogens with one attached hydrogen (secondary N) is 1. The second kappa shape index (κ2) is 4.68. The summed E-state index contributed by atoms with van der Waals surface area (Å²) in [5, 5.41) is 0. The minimum absolute atomic E-state index is 0.248. The lowest BCUT2D eigenvalue weighted by molar-refractivity contribution is 0.521. The monoisotopic (exact) mass is 284 g/mol. The van der Waals surface area contributed by atoms with E-state index in [1.165, 1.54) is 24.7 Å². The van der Waals surface area contributed by atoms with E-state index in [-0.39, 0.29) is 9.73 Å². The van der Waals surface area contributed by atoms with Crippen molar-refractivity contribution in [2.45, 2.75) is 4.90 Å². The Balaban J connectivity index is 2.40. The van der Waals surface area contributed by atoms with Crippen LogP contribution in [0.1, 0.15) is 0 Å². The highest BCUT2D eigenvalue weighted by atomic mass is 32.2. The van der Waals surface area contributed by atoms with Crippen LogP contribution >= 0.6 is 12.2 Å². The highest BCUT2D eigenvalue weighted by molar-refractivity contribution is 7.89. The fraction of sp³-hybridized carbons (Fsp3) is 0.182. The third-order valence-electron chi connectivity index (χ3n) is 2.46. The average molecular weight is 284 g/mol. The lowest BCUT2D eigenvalue weighted by atomic mass is 10.2. The van der Waals surface area contributed by atoms with E-state index >= 15 is 0 Å². The summed E-state index contributed by atoms with van der Waals surface area (Å²) in [7, 11) is -0.398. The van der Waals surface area contributed by atoms with E-state index in [2.05, 4.69) is 4.98 Å². The van der Waals surface area contributed by atoms with Gasteiger partial charge in [-0.25, -0.2) is 12.7 Å². The first-order valence-corrected chi connectivity index (χ1v) is 6.97. The van der Waals surface area contributed by atoms with Crippen LogP contribution in [0.3, 0.4) is 0 Å². The van der Waals surface area contributed by atoms with E-state index in [1.54, 1.807) is 24.3 Å². The number of hydrogen-bond acceptors (Lipinski definition) is 4. The molecule has 0 amide bonds. The molecule has 0 saturated heterocycles. The molecule has 0 aliphatic rings. The summed E-state index contributed by atoms with van der Waals surface area (Å²) in [5.74, 6) is 0. The summed E-state index contributed by atoms with van der Waals surface area (Å²) in [6.45, 7) is 0. The lowest BCUT2D eigenvalue weighted by Crippen LogP contribution is -2.22. The molecule has 2 rings (SSSR count). The van der Waals surface area contributed by atoms with Gasteiger partial charge in [0.15, 0.2) is 0 Å². The van der Waals surface area contributed by atoms with Crippen molar-refractivity contribution in [3.05, 3.63) is 35.4 Å². The zero-order valence-electron chi connectivity index (χ0n) is 9.88. The molecule has 0 spiro atoms. The Bertz CT molecular complexity index is 696. The van der Waals surface area contributed by atoms with Crippen molar-refractivity contribution in [2.75, 3.05) is 14.1 Å². The zero-order valence-corrected chi connectivity index (χ0v) is 11.5. The lowest BCUT2D eigenvalue weighted by Gasteiger charge is -2.11. The summed E-state index contributed by atoms with van der Waals surface area (Å²) in [6, 6.07) is 6.50. The summed E-state index contributed by atoms with van der Waals surface area (Å²) in [6.07, 6.45) is 1.50. The number of hydrogen-bond donors (Lipinski definition) is 1. The van der Waals surface area contributed by atoms with Crippen molar-refractivity contribution in [2.24, 2.45) is 0 Å². The molecule has 0 radical (unpaired) electrons. The Kier molecular flexibility index (Phi) is 3.38. The number of rotatable bonds is 3. The molecule has 1 heterocycles. The number of aromatic nitrogens is 1. The van der Waals surface area contributed by atoms with Gasteiger partial charge in [0, 0.05) is 19.7 Å². The van der Waals surface area contributed by atoms with Gasteiger partial charge in [-0.15, -0.1) is 0 Å². The molecule has 96 valence electrons. The fourth-order valence-electron chi connectivity index (χ4n) is 1.44. The van der Waals surface area contributed by atoms with Gasteiger partial charge in [-0.2, -0.15) is 0 Å². The van der Waals surface area contributed by atoms with Gasteiger partial charge in [0.05, 0.1) is 10.6 Å². The van der Waals surface area contributed by atoms with Crippen LogP contribution in [0, 0.1) is 4.84 Å². The van der Waals surface area contributed by atoms with E-state index in [4.69, 9.17) is 16.6 Å². The first kappa shape index (κ1) is 13.0. The Labute approximate surface area is 110 Å². The highest BCUT2D eigenvalue weighted by Gasteiger charge is 2.16. The average Bonchev–Trinajstić information content (AvgIpc) is 2.76.